The molecule has 2 aromatic rings. The van der Waals surface area contributed by atoms with E-state index >= 15 is 0 Å². The summed E-state index contributed by atoms with van der Waals surface area (Å²) in [5.41, 5.74) is 2.26. The maximum atomic E-state index is 10.6. The van der Waals surface area contributed by atoms with E-state index in [1.54, 1.807) is 7.11 Å². The third-order valence-corrected chi connectivity index (χ3v) is 2.63. The van der Waals surface area contributed by atoms with E-state index in [1.807, 2.05) is 37.3 Å². The fraction of sp³-hybridized carbons (Fsp3) is 0.214. The standard InChI is InChI=1S/C14H15N3O3/c1-9-7-11(10-5-3-4-6-12(10)20-2)17-14(16-9)15-8-13(18)19/h3-7H,8H2,1-2H3,(H,18,19)(H,15,16,17). The Morgan fingerprint density at radius 3 is 2.80 bits per heavy atom. The highest BCUT2D eigenvalue weighted by atomic mass is 16.5. The van der Waals surface area contributed by atoms with Crippen molar-refractivity contribution in [2.45, 2.75) is 6.92 Å². The smallest absolute Gasteiger partial charge is 0.322 e. The van der Waals surface area contributed by atoms with E-state index in [0.29, 0.717) is 11.4 Å². The molecule has 0 unspecified atom stereocenters. The van der Waals surface area contributed by atoms with Gasteiger partial charge >= 0.3 is 5.97 Å². The predicted octanol–water partition coefficient (Wildman–Crippen LogP) is 1.96. The summed E-state index contributed by atoms with van der Waals surface area (Å²) in [6.45, 7) is 1.60. The third kappa shape index (κ3) is 3.23. The SMILES string of the molecule is COc1ccccc1-c1cc(C)nc(NCC(=O)O)n1. The number of aliphatic carboxylic acids is 1. The average Bonchev–Trinajstić information content (AvgIpc) is 2.44. The minimum Gasteiger partial charge on any atom is -0.496 e. The lowest BCUT2D eigenvalue weighted by Crippen LogP contribution is -2.14. The number of methoxy groups -OCH3 is 1. The van der Waals surface area contributed by atoms with Crippen LogP contribution in [0.25, 0.3) is 11.3 Å². The first-order chi connectivity index (χ1) is 9.60. The van der Waals surface area contributed by atoms with Crippen molar-refractivity contribution in [1.29, 1.82) is 0 Å². The molecule has 2 rings (SSSR count). The summed E-state index contributed by atoms with van der Waals surface area (Å²) in [7, 11) is 1.59. The van der Waals surface area contributed by atoms with E-state index in [4.69, 9.17) is 9.84 Å². The number of rotatable bonds is 5. The minimum absolute atomic E-state index is 0.227. The average molecular weight is 273 g/mol. The molecule has 104 valence electrons. The van der Waals surface area contributed by atoms with Crippen molar-refractivity contribution in [1.82, 2.24) is 9.97 Å². The molecule has 1 aromatic heterocycles. The van der Waals surface area contributed by atoms with Crippen molar-refractivity contribution < 1.29 is 14.6 Å². The molecule has 0 aliphatic carbocycles. The zero-order valence-electron chi connectivity index (χ0n) is 11.3. The Kier molecular flexibility index (Phi) is 4.14. The summed E-state index contributed by atoms with van der Waals surface area (Å²) < 4.78 is 5.30. The number of aromatic nitrogens is 2. The van der Waals surface area contributed by atoms with Crippen LogP contribution in [0.3, 0.4) is 0 Å². The van der Waals surface area contributed by atoms with Crippen LogP contribution in [0.2, 0.25) is 0 Å². The molecule has 0 fully saturated rings. The van der Waals surface area contributed by atoms with E-state index in [0.717, 1.165) is 11.3 Å². The first-order valence-corrected chi connectivity index (χ1v) is 6.05. The second-order valence-electron chi connectivity index (χ2n) is 4.17. The van der Waals surface area contributed by atoms with E-state index < -0.39 is 5.97 Å². The van der Waals surface area contributed by atoms with Crippen molar-refractivity contribution in [3.8, 4) is 17.0 Å². The molecule has 1 heterocycles. The van der Waals surface area contributed by atoms with Gasteiger partial charge in [0.2, 0.25) is 5.95 Å². The van der Waals surface area contributed by atoms with Gasteiger partial charge < -0.3 is 15.2 Å². The fourth-order valence-corrected chi connectivity index (χ4v) is 1.80. The highest BCUT2D eigenvalue weighted by molar-refractivity contribution is 5.72. The molecule has 0 aliphatic rings. The van der Waals surface area contributed by atoms with Crippen LogP contribution in [0.1, 0.15) is 5.69 Å². The van der Waals surface area contributed by atoms with Crippen molar-refractivity contribution in [3.05, 3.63) is 36.0 Å². The Morgan fingerprint density at radius 2 is 2.10 bits per heavy atom. The number of nitrogens with zero attached hydrogens (tertiary/aromatic N) is 2. The lowest BCUT2D eigenvalue weighted by Gasteiger charge is -2.10. The zero-order chi connectivity index (χ0) is 14.5. The molecule has 0 aliphatic heterocycles. The molecule has 1 aromatic carbocycles. The number of anilines is 1. The van der Waals surface area contributed by atoms with Gasteiger partial charge in [-0.1, -0.05) is 12.1 Å². The monoisotopic (exact) mass is 273 g/mol. The van der Waals surface area contributed by atoms with Gasteiger partial charge in [0.05, 0.1) is 12.8 Å². The molecule has 0 amide bonds. The largest absolute Gasteiger partial charge is 0.496 e. The molecular formula is C14H15N3O3. The van der Waals surface area contributed by atoms with E-state index in [1.165, 1.54) is 0 Å². The summed E-state index contributed by atoms with van der Waals surface area (Å²) in [4.78, 5) is 19.1. The zero-order valence-corrected chi connectivity index (χ0v) is 11.3. The molecule has 20 heavy (non-hydrogen) atoms. The second-order valence-corrected chi connectivity index (χ2v) is 4.17. The maximum Gasteiger partial charge on any atom is 0.322 e. The summed E-state index contributed by atoms with van der Waals surface area (Å²) >= 11 is 0. The fourth-order valence-electron chi connectivity index (χ4n) is 1.80. The number of ether oxygens (including phenoxy) is 1. The van der Waals surface area contributed by atoms with Gasteiger partial charge in [-0.05, 0) is 25.1 Å². The molecule has 6 nitrogen and oxygen atoms in total. The van der Waals surface area contributed by atoms with Gasteiger partial charge in [0.1, 0.15) is 12.3 Å². The second kappa shape index (κ2) is 6.01. The number of carbonyl (C=O) groups is 1. The molecule has 2 N–H and O–H groups in total. The Bertz CT molecular complexity index is 629. The van der Waals surface area contributed by atoms with Crippen LogP contribution >= 0.6 is 0 Å². The molecule has 0 saturated heterocycles. The number of carboxylic acids is 1. The van der Waals surface area contributed by atoms with Gasteiger partial charge in [0, 0.05) is 11.3 Å². The molecule has 0 radical (unpaired) electrons. The van der Waals surface area contributed by atoms with Crippen LogP contribution in [0, 0.1) is 6.92 Å². The lowest BCUT2D eigenvalue weighted by molar-refractivity contribution is -0.134. The van der Waals surface area contributed by atoms with Gasteiger partial charge in [0.25, 0.3) is 0 Å². The summed E-state index contributed by atoms with van der Waals surface area (Å²) in [5.74, 6) is 0.0250. The number of para-hydroxylation sites is 1. The molecule has 0 spiro atoms. The van der Waals surface area contributed by atoms with Gasteiger partial charge in [-0.15, -0.1) is 0 Å². The first kappa shape index (κ1) is 13.8. The first-order valence-electron chi connectivity index (χ1n) is 6.05. The van der Waals surface area contributed by atoms with Gasteiger partial charge in [-0.3, -0.25) is 4.79 Å². The maximum absolute atomic E-state index is 10.6. The quantitative estimate of drug-likeness (QED) is 0.866. The number of aryl methyl sites for hydroxylation is 1. The summed E-state index contributed by atoms with van der Waals surface area (Å²) in [6, 6.07) is 9.32. The van der Waals surface area contributed by atoms with Crippen LogP contribution in [0.5, 0.6) is 5.75 Å². The van der Waals surface area contributed by atoms with E-state index in [-0.39, 0.29) is 12.5 Å². The number of benzene rings is 1. The molecule has 6 heteroatoms. The molecular weight excluding hydrogens is 258 g/mol. The van der Waals surface area contributed by atoms with Gasteiger partial charge in [-0.25, -0.2) is 9.97 Å². The highest BCUT2D eigenvalue weighted by Crippen LogP contribution is 2.28. The molecule has 0 bridgehead atoms. The van der Waals surface area contributed by atoms with Crippen LogP contribution < -0.4 is 10.1 Å². The van der Waals surface area contributed by atoms with Crippen molar-refractivity contribution in [2.24, 2.45) is 0 Å². The molecule has 0 atom stereocenters. The Balaban J connectivity index is 2.38. The topological polar surface area (TPSA) is 84.3 Å². The van der Waals surface area contributed by atoms with Crippen molar-refractivity contribution >= 4 is 11.9 Å². The summed E-state index contributed by atoms with van der Waals surface area (Å²) in [5, 5.41) is 11.3. The predicted molar refractivity (Wildman–Crippen MR) is 74.9 cm³/mol. The van der Waals surface area contributed by atoms with Gasteiger partial charge in [-0.2, -0.15) is 0 Å². The van der Waals surface area contributed by atoms with Crippen LogP contribution in [0.4, 0.5) is 5.95 Å². The minimum atomic E-state index is -0.964. The lowest BCUT2D eigenvalue weighted by atomic mass is 10.1. The number of carboxylic acid groups (broad SMARTS) is 1. The number of hydrogen-bond acceptors (Lipinski definition) is 5. The third-order valence-electron chi connectivity index (χ3n) is 2.63. The number of nitrogens with one attached hydrogen (secondary N) is 1. The summed E-state index contributed by atoms with van der Waals surface area (Å²) in [6.07, 6.45) is 0. The van der Waals surface area contributed by atoms with Crippen LogP contribution in [-0.2, 0) is 4.79 Å². The van der Waals surface area contributed by atoms with Crippen LogP contribution in [-0.4, -0.2) is 34.7 Å². The van der Waals surface area contributed by atoms with Crippen molar-refractivity contribution in [2.75, 3.05) is 19.0 Å². The van der Waals surface area contributed by atoms with Crippen LogP contribution in [0.15, 0.2) is 30.3 Å². The highest BCUT2D eigenvalue weighted by Gasteiger charge is 2.09. The Hall–Kier alpha value is -2.63. The van der Waals surface area contributed by atoms with E-state index in [9.17, 15) is 4.79 Å². The van der Waals surface area contributed by atoms with E-state index in [2.05, 4.69) is 15.3 Å². The Morgan fingerprint density at radius 1 is 1.35 bits per heavy atom. The normalized spacial score (nSPS) is 10.1. The van der Waals surface area contributed by atoms with Gasteiger partial charge in [0.15, 0.2) is 0 Å². The molecule has 0 saturated carbocycles. The van der Waals surface area contributed by atoms with Crippen molar-refractivity contribution in [3.63, 3.8) is 0 Å². The Labute approximate surface area is 116 Å². The number of hydrogen-bond donors (Lipinski definition) is 2.